The summed E-state index contributed by atoms with van der Waals surface area (Å²) in [5, 5.41) is 11.5. The fraction of sp³-hybridized carbons (Fsp3) is 0.750. The monoisotopic (exact) mass is 272 g/mol. The third-order valence-electron chi connectivity index (χ3n) is 3.32. The topological polar surface area (TPSA) is 119 Å². The van der Waals surface area contributed by atoms with E-state index in [1.165, 1.54) is 7.11 Å². The van der Waals surface area contributed by atoms with Crippen LogP contribution in [-0.2, 0) is 19.1 Å². The molecule has 0 aromatic heterocycles. The Bertz CT molecular complexity index is 358. The van der Waals surface area contributed by atoms with Gasteiger partial charge in [-0.15, -0.1) is 0 Å². The third-order valence-corrected chi connectivity index (χ3v) is 3.32. The maximum absolute atomic E-state index is 11.9. The number of methoxy groups -OCH3 is 1. The zero-order chi connectivity index (χ0) is 14.4. The molecule has 19 heavy (non-hydrogen) atoms. The van der Waals surface area contributed by atoms with Crippen LogP contribution in [0.15, 0.2) is 0 Å². The summed E-state index contributed by atoms with van der Waals surface area (Å²) >= 11 is 0. The van der Waals surface area contributed by atoms with Gasteiger partial charge in [-0.05, 0) is 25.7 Å². The largest absolute Gasteiger partial charge is 0.480 e. The van der Waals surface area contributed by atoms with E-state index in [9.17, 15) is 14.4 Å². The Morgan fingerprint density at radius 1 is 1.42 bits per heavy atom. The number of ether oxygens (including phenoxy) is 1. The summed E-state index contributed by atoms with van der Waals surface area (Å²) in [4.78, 5) is 33.9. The zero-order valence-electron chi connectivity index (χ0n) is 10.9. The van der Waals surface area contributed by atoms with Crippen LogP contribution in [0.1, 0.15) is 32.1 Å². The van der Waals surface area contributed by atoms with Crippen LogP contribution in [0.4, 0.5) is 0 Å². The van der Waals surface area contributed by atoms with E-state index in [1.807, 2.05) is 0 Å². The first kappa shape index (κ1) is 15.4. The van der Waals surface area contributed by atoms with Crippen LogP contribution in [-0.4, -0.2) is 42.1 Å². The average molecular weight is 272 g/mol. The van der Waals surface area contributed by atoms with E-state index in [1.54, 1.807) is 0 Å². The Balaban J connectivity index is 2.46. The molecule has 1 aliphatic carbocycles. The molecule has 0 aromatic rings. The van der Waals surface area contributed by atoms with Gasteiger partial charge in [0.05, 0.1) is 7.11 Å². The van der Waals surface area contributed by atoms with Crippen LogP contribution in [0, 0.1) is 5.92 Å². The number of rotatable bonds is 6. The van der Waals surface area contributed by atoms with Gasteiger partial charge in [0.2, 0.25) is 5.91 Å². The molecule has 1 fully saturated rings. The van der Waals surface area contributed by atoms with E-state index in [2.05, 4.69) is 10.1 Å². The quantitative estimate of drug-likeness (QED) is 0.568. The molecule has 0 bridgehead atoms. The molecule has 1 rings (SSSR count). The lowest BCUT2D eigenvalue weighted by Gasteiger charge is -2.17. The fourth-order valence-corrected chi connectivity index (χ4v) is 2.17. The van der Waals surface area contributed by atoms with Gasteiger partial charge in [0.15, 0.2) is 0 Å². The van der Waals surface area contributed by atoms with Gasteiger partial charge >= 0.3 is 11.9 Å². The Labute approximate surface area is 111 Å². The predicted molar refractivity (Wildman–Crippen MR) is 66.1 cm³/mol. The molecular formula is C12H20N2O5. The Morgan fingerprint density at radius 3 is 2.58 bits per heavy atom. The summed E-state index contributed by atoms with van der Waals surface area (Å²) in [5.74, 6) is -2.18. The lowest BCUT2D eigenvalue weighted by molar-refractivity contribution is -0.144. The Hall–Kier alpha value is -1.63. The first-order chi connectivity index (χ1) is 8.93. The van der Waals surface area contributed by atoms with Gasteiger partial charge in [-0.3, -0.25) is 9.59 Å². The highest BCUT2D eigenvalue weighted by Crippen LogP contribution is 2.24. The summed E-state index contributed by atoms with van der Waals surface area (Å²) in [7, 11) is 1.23. The van der Waals surface area contributed by atoms with Crippen molar-refractivity contribution in [1.82, 2.24) is 5.32 Å². The molecule has 7 heteroatoms. The molecule has 3 atom stereocenters. The SMILES string of the molecule is COC(=O)CC[C@@H](NC(=O)C1CCC(N)C1)C(=O)O. The van der Waals surface area contributed by atoms with Crippen LogP contribution in [0.3, 0.4) is 0 Å². The van der Waals surface area contributed by atoms with Crippen molar-refractivity contribution in [2.75, 3.05) is 7.11 Å². The first-order valence-electron chi connectivity index (χ1n) is 6.29. The Kier molecular flexibility index (Phi) is 5.75. The number of carbonyl (C=O) groups is 3. The summed E-state index contributed by atoms with van der Waals surface area (Å²) in [6, 6.07) is -1.06. The van der Waals surface area contributed by atoms with Gasteiger partial charge in [-0.25, -0.2) is 4.79 Å². The molecule has 1 amide bonds. The fourth-order valence-electron chi connectivity index (χ4n) is 2.17. The molecule has 108 valence electrons. The van der Waals surface area contributed by atoms with Gasteiger partial charge < -0.3 is 20.9 Å². The number of amides is 1. The highest BCUT2D eigenvalue weighted by Gasteiger charge is 2.30. The number of hydrogen-bond donors (Lipinski definition) is 3. The van der Waals surface area contributed by atoms with Crippen LogP contribution in [0.5, 0.6) is 0 Å². The van der Waals surface area contributed by atoms with Crippen molar-refractivity contribution >= 4 is 17.8 Å². The van der Waals surface area contributed by atoms with Crippen LogP contribution in [0.25, 0.3) is 0 Å². The number of nitrogens with one attached hydrogen (secondary N) is 1. The molecule has 4 N–H and O–H groups in total. The maximum atomic E-state index is 11.9. The summed E-state index contributed by atoms with van der Waals surface area (Å²) in [6.07, 6.45) is 2.01. The maximum Gasteiger partial charge on any atom is 0.326 e. The molecule has 0 saturated heterocycles. The second kappa shape index (κ2) is 7.08. The van der Waals surface area contributed by atoms with E-state index < -0.39 is 18.0 Å². The van der Waals surface area contributed by atoms with Gasteiger partial charge in [0.1, 0.15) is 6.04 Å². The number of carboxylic acids is 1. The molecule has 0 spiro atoms. The zero-order valence-corrected chi connectivity index (χ0v) is 10.9. The number of carbonyl (C=O) groups excluding carboxylic acids is 2. The van der Waals surface area contributed by atoms with Crippen molar-refractivity contribution in [3.63, 3.8) is 0 Å². The van der Waals surface area contributed by atoms with E-state index >= 15 is 0 Å². The molecule has 0 heterocycles. The van der Waals surface area contributed by atoms with Crippen molar-refractivity contribution in [2.24, 2.45) is 11.7 Å². The normalized spacial score (nSPS) is 23.7. The molecule has 2 unspecified atom stereocenters. The first-order valence-corrected chi connectivity index (χ1v) is 6.29. The van der Waals surface area contributed by atoms with E-state index in [-0.39, 0.29) is 30.7 Å². The van der Waals surface area contributed by atoms with Crippen LogP contribution in [0.2, 0.25) is 0 Å². The van der Waals surface area contributed by atoms with E-state index in [0.29, 0.717) is 12.8 Å². The van der Waals surface area contributed by atoms with Crippen molar-refractivity contribution in [3.8, 4) is 0 Å². The van der Waals surface area contributed by atoms with Crippen molar-refractivity contribution in [2.45, 2.75) is 44.2 Å². The molecule has 1 aliphatic rings. The van der Waals surface area contributed by atoms with Crippen LogP contribution < -0.4 is 11.1 Å². The summed E-state index contributed by atoms with van der Waals surface area (Å²) < 4.78 is 4.44. The number of aliphatic carboxylic acids is 1. The highest BCUT2D eigenvalue weighted by atomic mass is 16.5. The second-order valence-corrected chi connectivity index (χ2v) is 4.78. The van der Waals surface area contributed by atoms with Gasteiger partial charge in [-0.2, -0.15) is 0 Å². The molecular weight excluding hydrogens is 252 g/mol. The molecule has 0 radical (unpaired) electrons. The minimum Gasteiger partial charge on any atom is -0.480 e. The lowest BCUT2D eigenvalue weighted by Crippen LogP contribution is -2.43. The molecule has 7 nitrogen and oxygen atoms in total. The minimum atomic E-state index is -1.15. The number of nitrogens with two attached hydrogens (primary N) is 1. The van der Waals surface area contributed by atoms with Crippen molar-refractivity contribution < 1.29 is 24.2 Å². The summed E-state index contributed by atoms with van der Waals surface area (Å²) in [5.41, 5.74) is 5.71. The number of carboxylic acid groups (broad SMARTS) is 1. The Morgan fingerprint density at radius 2 is 2.11 bits per heavy atom. The standard InChI is InChI=1S/C12H20N2O5/c1-19-10(15)5-4-9(12(17)18)14-11(16)7-2-3-8(13)6-7/h7-9H,2-6,13H2,1H3,(H,14,16)(H,17,18)/t7?,8?,9-/m1/s1. The lowest BCUT2D eigenvalue weighted by atomic mass is 10.1. The van der Waals surface area contributed by atoms with Crippen molar-refractivity contribution in [1.29, 1.82) is 0 Å². The molecule has 0 aliphatic heterocycles. The number of esters is 1. The van der Waals surface area contributed by atoms with Gasteiger partial charge in [-0.1, -0.05) is 0 Å². The predicted octanol–water partition coefficient (Wildman–Crippen LogP) is -0.364. The third kappa shape index (κ3) is 4.86. The minimum absolute atomic E-state index is 0.00842. The van der Waals surface area contributed by atoms with Gasteiger partial charge in [0.25, 0.3) is 0 Å². The van der Waals surface area contributed by atoms with Gasteiger partial charge in [0, 0.05) is 18.4 Å². The average Bonchev–Trinajstić information content (AvgIpc) is 2.80. The highest BCUT2D eigenvalue weighted by molar-refractivity contribution is 5.85. The summed E-state index contributed by atoms with van der Waals surface area (Å²) in [6.45, 7) is 0. The molecule has 0 aromatic carbocycles. The van der Waals surface area contributed by atoms with Crippen LogP contribution >= 0.6 is 0 Å². The van der Waals surface area contributed by atoms with E-state index in [0.717, 1.165) is 6.42 Å². The molecule has 1 saturated carbocycles. The van der Waals surface area contributed by atoms with E-state index in [4.69, 9.17) is 10.8 Å². The van der Waals surface area contributed by atoms with Crippen molar-refractivity contribution in [3.05, 3.63) is 0 Å². The smallest absolute Gasteiger partial charge is 0.326 e. The second-order valence-electron chi connectivity index (χ2n) is 4.78. The number of hydrogen-bond acceptors (Lipinski definition) is 5.